The van der Waals surface area contributed by atoms with E-state index in [-0.39, 0.29) is 5.82 Å². The van der Waals surface area contributed by atoms with Gasteiger partial charge in [-0.25, -0.2) is 4.39 Å². The maximum atomic E-state index is 12.9. The van der Waals surface area contributed by atoms with Crippen LogP contribution in [-0.4, -0.2) is 0 Å². The average Bonchev–Trinajstić information content (AvgIpc) is 2.49. The fourth-order valence-electron chi connectivity index (χ4n) is 1.44. The maximum absolute atomic E-state index is 12.9. The molecule has 1 aromatic heterocycles. The van der Waals surface area contributed by atoms with Crippen molar-refractivity contribution in [2.75, 3.05) is 0 Å². The Bertz CT molecular complexity index is 417. The van der Waals surface area contributed by atoms with Crippen molar-refractivity contribution in [3.63, 3.8) is 0 Å². The lowest BCUT2D eigenvalue weighted by atomic mass is 10.1. The Balaban J connectivity index is 2.58. The Morgan fingerprint density at radius 2 is 2.23 bits per heavy atom. The number of hydrogen-bond acceptors (Lipinski definition) is 1. The normalized spacial score (nSPS) is 10.9. The zero-order valence-corrected chi connectivity index (χ0v) is 7.22. The van der Waals surface area contributed by atoms with Crippen molar-refractivity contribution < 1.29 is 8.81 Å². The molecular weight excluding hydrogens is 167 g/mol. The predicted molar refractivity (Wildman–Crippen MR) is 49.9 cm³/mol. The molecule has 0 saturated carbocycles. The molecule has 0 aliphatic heterocycles. The third-order valence-electron chi connectivity index (χ3n) is 2.06. The summed E-state index contributed by atoms with van der Waals surface area (Å²) in [6.45, 7) is 3.75. The zero-order chi connectivity index (χ0) is 9.26. The van der Waals surface area contributed by atoms with Gasteiger partial charge in [-0.3, -0.25) is 0 Å². The fourth-order valence-corrected chi connectivity index (χ4v) is 1.44. The van der Waals surface area contributed by atoms with Gasteiger partial charge in [-0.15, -0.1) is 0 Å². The summed E-state index contributed by atoms with van der Waals surface area (Å²) in [5.74, 6) is -0.223. The van der Waals surface area contributed by atoms with Crippen molar-refractivity contribution in [3.05, 3.63) is 42.8 Å². The van der Waals surface area contributed by atoms with Crippen LogP contribution in [0.15, 0.2) is 28.9 Å². The van der Waals surface area contributed by atoms with E-state index in [1.165, 1.54) is 12.1 Å². The topological polar surface area (TPSA) is 13.1 Å². The van der Waals surface area contributed by atoms with Gasteiger partial charge in [0.25, 0.3) is 0 Å². The van der Waals surface area contributed by atoms with Crippen LogP contribution in [0, 0.1) is 12.7 Å². The second-order valence-corrected chi connectivity index (χ2v) is 3.00. The quantitative estimate of drug-likeness (QED) is 0.685. The number of fused-ring (bicyclic) bond motifs is 1. The third kappa shape index (κ3) is 1.44. The van der Waals surface area contributed by atoms with Gasteiger partial charge in [-0.1, -0.05) is 6.92 Å². The van der Waals surface area contributed by atoms with E-state index < -0.39 is 0 Å². The van der Waals surface area contributed by atoms with Gasteiger partial charge in [-0.05, 0) is 36.6 Å². The fraction of sp³-hybridized carbons (Fsp3) is 0.182. The minimum Gasteiger partial charge on any atom is -0.464 e. The Morgan fingerprint density at radius 3 is 3.00 bits per heavy atom. The van der Waals surface area contributed by atoms with Crippen LogP contribution in [0.2, 0.25) is 0 Å². The first-order valence-electron chi connectivity index (χ1n) is 4.26. The van der Waals surface area contributed by atoms with E-state index in [1.54, 1.807) is 12.3 Å². The number of furan rings is 1. The molecule has 0 fully saturated rings. The predicted octanol–water partition coefficient (Wildman–Crippen LogP) is 3.34. The Labute approximate surface area is 76.2 Å². The number of aryl methyl sites for hydroxylation is 1. The average molecular weight is 177 g/mol. The smallest absolute Gasteiger partial charge is 0.134 e. The van der Waals surface area contributed by atoms with Gasteiger partial charge in [0.2, 0.25) is 0 Å². The van der Waals surface area contributed by atoms with Crippen molar-refractivity contribution in [2.24, 2.45) is 0 Å². The highest BCUT2D eigenvalue weighted by molar-refractivity contribution is 5.80. The van der Waals surface area contributed by atoms with Crippen molar-refractivity contribution in [2.45, 2.75) is 12.8 Å². The summed E-state index contributed by atoms with van der Waals surface area (Å²) in [5.41, 5.74) is 1.77. The highest BCUT2D eigenvalue weighted by Crippen LogP contribution is 2.22. The molecule has 2 heteroatoms. The Hall–Kier alpha value is -1.31. The molecule has 0 unspecified atom stereocenters. The van der Waals surface area contributed by atoms with Crippen LogP contribution >= 0.6 is 0 Å². The molecule has 0 spiro atoms. The molecule has 1 radical (unpaired) electrons. The third-order valence-corrected chi connectivity index (χ3v) is 2.06. The molecule has 0 atom stereocenters. The van der Waals surface area contributed by atoms with Crippen molar-refractivity contribution >= 4 is 11.0 Å². The van der Waals surface area contributed by atoms with Crippen molar-refractivity contribution in [1.82, 2.24) is 0 Å². The summed E-state index contributed by atoms with van der Waals surface area (Å²) in [6, 6.07) is 4.56. The number of benzene rings is 1. The molecule has 0 saturated heterocycles. The largest absolute Gasteiger partial charge is 0.464 e. The van der Waals surface area contributed by atoms with Crippen molar-refractivity contribution in [1.29, 1.82) is 0 Å². The second kappa shape index (κ2) is 3.21. The van der Waals surface area contributed by atoms with Gasteiger partial charge in [0.05, 0.1) is 6.26 Å². The van der Waals surface area contributed by atoms with E-state index in [4.69, 9.17) is 4.42 Å². The van der Waals surface area contributed by atoms with Gasteiger partial charge in [0, 0.05) is 5.39 Å². The molecule has 2 aromatic rings. The highest BCUT2D eigenvalue weighted by Gasteiger charge is 2.05. The summed E-state index contributed by atoms with van der Waals surface area (Å²) >= 11 is 0. The number of halogens is 1. The molecule has 0 aliphatic carbocycles. The highest BCUT2D eigenvalue weighted by atomic mass is 19.1. The summed E-state index contributed by atoms with van der Waals surface area (Å²) in [5, 5.41) is 0.864. The molecule has 1 aromatic carbocycles. The van der Waals surface area contributed by atoms with Crippen LogP contribution in [-0.2, 0) is 6.42 Å². The molecular formula is C11H10FO. The van der Waals surface area contributed by atoms with Crippen LogP contribution < -0.4 is 0 Å². The van der Waals surface area contributed by atoms with Crippen LogP contribution in [0.3, 0.4) is 0 Å². The summed E-state index contributed by atoms with van der Waals surface area (Å²) in [7, 11) is 0. The van der Waals surface area contributed by atoms with Crippen LogP contribution in [0.5, 0.6) is 0 Å². The lowest BCUT2D eigenvalue weighted by Crippen LogP contribution is -1.80. The number of hydrogen-bond donors (Lipinski definition) is 0. The monoisotopic (exact) mass is 177 g/mol. The minimum absolute atomic E-state index is 0.223. The first-order valence-corrected chi connectivity index (χ1v) is 4.26. The summed E-state index contributed by atoms with van der Waals surface area (Å²) in [6.07, 6.45) is 3.30. The molecule has 0 N–H and O–H groups in total. The van der Waals surface area contributed by atoms with Gasteiger partial charge < -0.3 is 4.42 Å². The molecule has 0 amide bonds. The molecule has 0 bridgehead atoms. The van der Waals surface area contributed by atoms with Gasteiger partial charge in [0.15, 0.2) is 0 Å². The van der Waals surface area contributed by atoms with Gasteiger partial charge in [-0.2, -0.15) is 0 Å². The molecule has 0 aliphatic rings. The second-order valence-electron chi connectivity index (χ2n) is 3.00. The van der Waals surface area contributed by atoms with E-state index >= 15 is 0 Å². The van der Waals surface area contributed by atoms with E-state index in [0.717, 1.165) is 29.4 Å². The molecule has 1 heterocycles. The van der Waals surface area contributed by atoms with E-state index in [1.807, 2.05) is 0 Å². The molecule has 67 valence electrons. The summed E-state index contributed by atoms with van der Waals surface area (Å²) in [4.78, 5) is 0. The van der Waals surface area contributed by atoms with Crippen LogP contribution in [0.4, 0.5) is 4.39 Å². The van der Waals surface area contributed by atoms with Crippen molar-refractivity contribution in [3.8, 4) is 0 Å². The maximum Gasteiger partial charge on any atom is 0.134 e. The molecule has 13 heavy (non-hydrogen) atoms. The van der Waals surface area contributed by atoms with Crippen LogP contribution in [0.1, 0.15) is 12.0 Å². The standard InChI is InChI=1S/C11H10FO/c1-2-3-8-7-13-11-5-4-9(12)6-10(8)11/h4-7H,1-3H2. The Kier molecular flexibility index (Phi) is 2.05. The number of rotatable bonds is 2. The minimum atomic E-state index is -0.223. The molecule has 2 rings (SSSR count). The van der Waals surface area contributed by atoms with E-state index in [0.29, 0.717) is 0 Å². The zero-order valence-electron chi connectivity index (χ0n) is 7.22. The lowest BCUT2D eigenvalue weighted by molar-refractivity contribution is 0.606. The SMILES string of the molecule is [CH2]CCc1coc2ccc(F)cc12. The van der Waals surface area contributed by atoms with E-state index in [9.17, 15) is 4.39 Å². The van der Waals surface area contributed by atoms with Gasteiger partial charge >= 0.3 is 0 Å². The van der Waals surface area contributed by atoms with Crippen LogP contribution in [0.25, 0.3) is 11.0 Å². The summed E-state index contributed by atoms with van der Waals surface area (Å²) < 4.78 is 18.1. The molecule has 1 nitrogen and oxygen atoms in total. The first kappa shape index (κ1) is 8.30. The lowest BCUT2D eigenvalue weighted by Gasteiger charge is -1.93. The first-order chi connectivity index (χ1) is 6.31. The van der Waals surface area contributed by atoms with E-state index in [2.05, 4.69) is 6.92 Å². The Morgan fingerprint density at radius 1 is 1.38 bits per heavy atom. The van der Waals surface area contributed by atoms with Gasteiger partial charge in [0.1, 0.15) is 11.4 Å².